The number of piperidine rings is 1. The van der Waals surface area contributed by atoms with Crippen molar-refractivity contribution >= 4 is 17.8 Å². The Morgan fingerprint density at radius 1 is 1.18 bits per heavy atom. The van der Waals surface area contributed by atoms with E-state index in [4.69, 9.17) is 5.11 Å². The largest absolute Gasteiger partial charge is 0.481 e. The van der Waals surface area contributed by atoms with Gasteiger partial charge in [-0.15, -0.1) is 0 Å². The molecule has 2 atom stereocenters. The van der Waals surface area contributed by atoms with Crippen LogP contribution in [0.2, 0.25) is 0 Å². The molecule has 1 aliphatic heterocycles. The molecule has 1 aromatic carbocycles. The number of benzene rings is 1. The van der Waals surface area contributed by atoms with E-state index in [-0.39, 0.29) is 6.42 Å². The number of carbonyl (C=O) groups excluding carboxylic acids is 2. The first-order valence-corrected chi connectivity index (χ1v) is 5.22. The Kier molecular flexibility index (Phi) is 2.91. The van der Waals surface area contributed by atoms with E-state index < -0.39 is 29.6 Å². The molecule has 17 heavy (non-hydrogen) atoms. The third-order valence-electron chi connectivity index (χ3n) is 2.85. The average Bonchev–Trinajstić information content (AvgIpc) is 2.29. The van der Waals surface area contributed by atoms with E-state index in [9.17, 15) is 14.4 Å². The van der Waals surface area contributed by atoms with Crippen molar-refractivity contribution < 1.29 is 19.5 Å². The van der Waals surface area contributed by atoms with Crippen LogP contribution in [0.15, 0.2) is 30.3 Å². The van der Waals surface area contributed by atoms with Crippen LogP contribution >= 0.6 is 0 Å². The third-order valence-corrected chi connectivity index (χ3v) is 2.85. The van der Waals surface area contributed by atoms with Crippen LogP contribution in [0, 0.1) is 5.92 Å². The smallest absolute Gasteiger partial charge is 0.316 e. The van der Waals surface area contributed by atoms with E-state index in [0.717, 1.165) is 5.56 Å². The van der Waals surface area contributed by atoms with Crippen molar-refractivity contribution in [2.24, 2.45) is 5.92 Å². The molecule has 5 nitrogen and oxygen atoms in total. The maximum absolute atomic E-state index is 11.6. The molecule has 2 rings (SSSR count). The fraction of sp³-hybridized carbons (Fsp3) is 0.250. The van der Waals surface area contributed by atoms with Crippen LogP contribution in [0.4, 0.5) is 0 Å². The molecule has 1 fully saturated rings. The molecule has 1 heterocycles. The SMILES string of the molecule is O=C(O)C1CC(c2ccccc2)C(=O)NC1=O. The first-order valence-electron chi connectivity index (χ1n) is 5.22. The minimum atomic E-state index is -1.20. The Balaban J connectivity index is 2.27. The summed E-state index contributed by atoms with van der Waals surface area (Å²) in [6, 6.07) is 8.85. The molecular formula is C12H11NO4. The van der Waals surface area contributed by atoms with Gasteiger partial charge in [0.2, 0.25) is 11.8 Å². The van der Waals surface area contributed by atoms with E-state index in [1.54, 1.807) is 24.3 Å². The summed E-state index contributed by atoms with van der Waals surface area (Å²) in [5.74, 6) is -4.09. The summed E-state index contributed by atoms with van der Waals surface area (Å²) in [6.45, 7) is 0. The third kappa shape index (κ3) is 2.18. The topological polar surface area (TPSA) is 83.5 Å². The van der Waals surface area contributed by atoms with Gasteiger partial charge in [0, 0.05) is 0 Å². The van der Waals surface area contributed by atoms with Gasteiger partial charge in [-0.25, -0.2) is 0 Å². The Hall–Kier alpha value is -2.17. The molecule has 0 aliphatic carbocycles. The van der Waals surface area contributed by atoms with Crippen molar-refractivity contribution in [3.63, 3.8) is 0 Å². The molecule has 1 aromatic rings. The lowest BCUT2D eigenvalue weighted by Crippen LogP contribution is -2.47. The lowest BCUT2D eigenvalue weighted by molar-refractivity contribution is -0.150. The summed E-state index contributed by atoms with van der Waals surface area (Å²) in [5.41, 5.74) is 0.726. The van der Waals surface area contributed by atoms with Crippen molar-refractivity contribution in [3.8, 4) is 0 Å². The Morgan fingerprint density at radius 3 is 2.41 bits per heavy atom. The van der Waals surface area contributed by atoms with Gasteiger partial charge >= 0.3 is 5.97 Å². The summed E-state index contributed by atoms with van der Waals surface area (Å²) < 4.78 is 0. The Labute approximate surface area is 97.4 Å². The van der Waals surface area contributed by atoms with Gasteiger partial charge in [0.05, 0.1) is 5.92 Å². The lowest BCUT2D eigenvalue weighted by Gasteiger charge is -2.25. The highest BCUT2D eigenvalue weighted by molar-refractivity contribution is 6.09. The highest BCUT2D eigenvalue weighted by atomic mass is 16.4. The quantitative estimate of drug-likeness (QED) is 0.576. The summed E-state index contributed by atoms with van der Waals surface area (Å²) in [5, 5.41) is 11.0. The normalized spacial score (nSPS) is 24.2. The minimum absolute atomic E-state index is 0.0179. The van der Waals surface area contributed by atoms with Gasteiger partial charge in [0.25, 0.3) is 0 Å². The first kappa shape index (κ1) is 11.3. The molecule has 2 unspecified atom stereocenters. The van der Waals surface area contributed by atoms with E-state index >= 15 is 0 Å². The predicted molar refractivity (Wildman–Crippen MR) is 58.1 cm³/mol. The molecule has 2 N–H and O–H groups in total. The molecular weight excluding hydrogens is 222 g/mol. The maximum atomic E-state index is 11.6. The zero-order valence-corrected chi connectivity index (χ0v) is 8.92. The highest BCUT2D eigenvalue weighted by Gasteiger charge is 2.39. The van der Waals surface area contributed by atoms with Crippen LogP contribution in [-0.2, 0) is 14.4 Å². The van der Waals surface area contributed by atoms with Gasteiger partial charge in [-0.05, 0) is 12.0 Å². The highest BCUT2D eigenvalue weighted by Crippen LogP contribution is 2.27. The monoisotopic (exact) mass is 233 g/mol. The minimum Gasteiger partial charge on any atom is -0.481 e. The van der Waals surface area contributed by atoms with Gasteiger partial charge in [-0.1, -0.05) is 30.3 Å². The standard InChI is InChI=1S/C12H11NO4/c14-10-8(7-4-2-1-3-5-7)6-9(12(16)17)11(15)13-10/h1-5,8-9H,6H2,(H,16,17)(H,13,14,15). The summed E-state index contributed by atoms with van der Waals surface area (Å²) >= 11 is 0. The van der Waals surface area contributed by atoms with Gasteiger partial charge in [-0.2, -0.15) is 0 Å². The summed E-state index contributed by atoms with van der Waals surface area (Å²) in [6.07, 6.45) is 0.0179. The maximum Gasteiger partial charge on any atom is 0.316 e. The number of rotatable bonds is 2. The summed E-state index contributed by atoms with van der Waals surface area (Å²) in [7, 11) is 0. The van der Waals surface area contributed by atoms with Crippen LogP contribution in [0.25, 0.3) is 0 Å². The van der Waals surface area contributed by atoms with Crippen molar-refractivity contribution in [2.45, 2.75) is 12.3 Å². The average molecular weight is 233 g/mol. The van der Waals surface area contributed by atoms with Gasteiger partial charge < -0.3 is 5.11 Å². The van der Waals surface area contributed by atoms with Gasteiger partial charge in [0.1, 0.15) is 5.92 Å². The number of carbonyl (C=O) groups is 3. The number of aliphatic carboxylic acids is 1. The number of hydrogen-bond acceptors (Lipinski definition) is 3. The molecule has 5 heteroatoms. The van der Waals surface area contributed by atoms with Crippen molar-refractivity contribution in [1.29, 1.82) is 0 Å². The second kappa shape index (κ2) is 4.37. The number of carboxylic acid groups (broad SMARTS) is 1. The van der Waals surface area contributed by atoms with Crippen molar-refractivity contribution in [3.05, 3.63) is 35.9 Å². The van der Waals surface area contributed by atoms with Crippen LogP contribution < -0.4 is 5.32 Å². The molecule has 0 spiro atoms. The second-order valence-corrected chi connectivity index (χ2v) is 3.94. The van der Waals surface area contributed by atoms with Crippen LogP contribution in [0.3, 0.4) is 0 Å². The Morgan fingerprint density at radius 2 is 1.82 bits per heavy atom. The van der Waals surface area contributed by atoms with Crippen LogP contribution in [-0.4, -0.2) is 22.9 Å². The number of imide groups is 1. The van der Waals surface area contributed by atoms with Crippen LogP contribution in [0.5, 0.6) is 0 Å². The fourth-order valence-electron chi connectivity index (χ4n) is 1.93. The molecule has 2 amide bonds. The Bertz CT molecular complexity index is 469. The van der Waals surface area contributed by atoms with E-state index in [1.165, 1.54) is 0 Å². The van der Waals surface area contributed by atoms with Crippen molar-refractivity contribution in [2.75, 3.05) is 0 Å². The molecule has 1 aliphatic rings. The summed E-state index contributed by atoms with van der Waals surface area (Å²) in [4.78, 5) is 33.8. The van der Waals surface area contributed by atoms with Gasteiger partial charge in [-0.3, -0.25) is 19.7 Å². The molecule has 88 valence electrons. The van der Waals surface area contributed by atoms with Crippen molar-refractivity contribution in [1.82, 2.24) is 5.32 Å². The second-order valence-electron chi connectivity index (χ2n) is 3.94. The number of nitrogens with one attached hydrogen (secondary N) is 1. The first-order chi connectivity index (χ1) is 8.09. The van der Waals surface area contributed by atoms with Crippen LogP contribution in [0.1, 0.15) is 17.9 Å². The molecule has 0 bridgehead atoms. The predicted octanol–water partition coefficient (Wildman–Crippen LogP) is 0.517. The van der Waals surface area contributed by atoms with Gasteiger partial charge in [0.15, 0.2) is 0 Å². The zero-order valence-electron chi connectivity index (χ0n) is 8.92. The molecule has 0 aromatic heterocycles. The number of amides is 2. The van der Waals surface area contributed by atoms with E-state index in [1.807, 2.05) is 6.07 Å². The lowest BCUT2D eigenvalue weighted by atomic mass is 9.84. The van der Waals surface area contributed by atoms with E-state index in [0.29, 0.717) is 0 Å². The zero-order chi connectivity index (χ0) is 12.4. The molecule has 0 saturated carbocycles. The number of hydrogen-bond donors (Lipinski definition) is 2. The molecule has 1 saturated heterocycles. The fourth-order valence-corrected chi connectivity index (χ4v) is 1.93. The number of carboxylic acids is 1. The van der Waals surface area contributed by atoms with E-state index in [2.05, 4.69) is 5.32 Å². The molecule has 0 radical (unpaired) electrons.